The molecule has 0 heterocycles. The lowest BCUT2D eigenvalue weighted by Crippen LogP contribution is -2.15. The first kappa shape index (κ1) is 9.99. The molecule has 0 aromatic heterocycles. The first-order valence-corrected chi connectivity index (χ1v) is 4.27. The summed E-state index contributed by atoms with van der Waals surface area (Å²) in [6, 6.07) is 4.72. The smallest absolute Gasteiger partial charge is 0.125 e. The van der Waals surface area contributed by atoms with E-state index in [0.717, 1.165) is 5.56 Å². The summed E-state index contributed by atoms with van der Waals surface area (Å²) >= 11 is 0. The van der Waals surface area contributed by atoms with E-state index in [2.05, 4.69) is 5.32 Å². The lowest BCUT2D eigenvalue weighted by atomic mass is 10.2. The topological polar surface area (TPSA) is 32.3 Å². The van der Waals surface area contributed by atoms with E-state index in [1.54, 1.807) is 6.92 Å². The normalized spacial score (nSPS) is 12.6. The van der Waals surface area contributed by atoms with Crippen molar-refractivity contribution >= 4 is 5.69 Å². The molecule has 1 rings (SSSR count). The first-order chi connectivity index (χ1) is 6.08. The van der Waals surface area contributed by atoms with E-state index in [-0.39, 0.29) is 5.82 Å². The van der Waals surface area contributed by atoms with Gasteiger partial charge in [-0.15, -0.1) is 0 Å². The van der Waals surface area contributed by atoms with Crippen molar-refractivity contribution < 1.29 is 9.50 Å². The molecule has 0 saturated carbocycles. The molecule has 0 aliphatic heterocycles. The van der Waals surface area contributed by atoms with Crippen molar-refractivity contribution in [3.8, 4) is 0 Å². The van der Waals surface area contributed by atoms with Crippen LogP contribution in [0.25, 0.3) is 0 Å². The lowest BCUT2D eigenvalue weighted by molar-refractivity contribution is 0.208. The fourth-order valence-electron chi connectivity index (χ4n) is 1.10. The molecule has 0 saturated heterocycles. The average Bonchev–Trinajstić information content (AvgIpc) is 1.99. The van der Waals surface area contributed by atoms with E-state index in [0.29, 0.717) is 12.2 Å². The molecule has 0 fully saturated rings. The molecule has 2 nitrogen and oxygen atoms in total. The van der Waals surface area contributed by atoms with Gasteiger partial charge in [0.1, 0.15) is 5.82 Å². The Bertz CT molecular complexity index is 266. The summed E-state index contributed by atoms with van der Waals surface area (Å²) in [5.41, 5.74) is 1.58. The van der Waals surface area contributed by atoms with Crippen LogP contribution >= 0.6 is 0 Å². The number of halogens is 1. The molecule has 0 spiro atoms. The van der Waals surface area contributed by atoms with Gasteiger partial charge >= 0.3 is 0 Å². The number of aryl methyl sites for hydroxylation is 1. The third-order valence-electron chi connectivity index (χ3n) is 1.64. The van der Waals surface area contributed by atoms with Crippen LogP contribution in [0.2, 0.25) is 0 Å². The third kappa shape index (κ3) is 3.42. The molecular weight excluding hydrogens is 169 g/mol. The number of aliphatic hydroxyl groups excluding tert-OH is 1. The zero-order valence-corrected chi connectivity index (χ0v) is 7.84. The summed E-state index contributed by atoms with van der Waals surface area (Å²) in [6.45, 7) is 3.94. The minimum absolute atomic E-state index is 0.256. The molecule has 2 N–H and O–H groups in total. The van der Waals surface area contributed by atoms with Crippen LogP contribution < -0.4 is 5.32 Å². The standard InChI is InChI=1S/C10H14FNO/c1-7-3-9(11)5-10(4-7)12-6-8(2)13/h3-5,8,12-13H,6H2,1-2H3/t8-/m1/s1. The van der Waals surface area contributed by atoms with Crippen molar-refractivity contribution in [1.82, 2.24) is 0 Å². The Hall–Kier alpha value is -1.09. The van der Waals surface area contributed by atoms with Crippen molar-refractivity contribution in [3.63, 3.8) is 0 Å². The molecule has 1 aromatic rings. The quantitative estimate of drug-likeness (QED) is 0.750. The Morgan fingerprint density at radius 1 is 1.46 bits per heavy atom. The van der Waals surface area contributed by atoms with Gasteiger partial charge in [-0.1, -0.05) is 0 Å². The molecule has 0 radical (unpaired) electrons. The van der Waals surface area contributed by atoms with Crippen LogP contribution in [0.3, 0.4) is 0 Å². The largest absolute Gasteiger partial charge is 0.392 e. The van der Waals surface area contributed by atoms with Crippen LogP contribution in [0, 0.1) is 12.7 Å². The van der Waals surface area contributed by atoms with Gasteiger partial charge in [0.2, 0.25) is 0 Å². The first-order valence-electron chi connectivity index (χ1n) is 4.27. The number of aliphatic hydroxyl groups is 1. The van der Waals surface area contributed by atoms with Gasteiger partial charge in [0.15, 0.2) is 0 Å². The van der Waals surface area contributed by atoms with E-state index in [4.69, 9.17) is 5.11 Å². The summed E-state index contributed by atoms with van der Waals surface area (Å²) in [5.74, 6) is -0.256. The van der Waals surface area contributed by atoms with Crippen molar-refractivity contribution in [2.24, 2.45) is 0 Å². The molecule has 1 aromatic carbocycles. The van der Waals surface area contributed by atoms with Gasteiger partial charge in [-0.2, -0.15) is 0 Å². The molecule has 0 aliphatic rings. The lowest BCUT2D eigenvalue weighted by Gasteiger charge is -2.08. The van der Waals surface area contributed by atoms with Crippen molar-refractivity contribution in [1.29, 1.82) is 0 Å². The number of nitrogens with one attached hydrogen (secondary N) is 1. The Kier molecular flexibility index (Phi) is 3.25. The van der Waals surface area contributed by atoms with E-state index in [1.807, 2.05) is 13.0 Å². The highest BCUT2D eigenvalue weighted by atomic mass is 19.1. The molecule has 0 amide bonds. The van der Waals surface area contributed by atoms with Crippen molar-refractivity contribution in [2.45, 2.75) is 20.0 Å². The second kappa shape index (κ2) is 4.23. The molecule has 1 atom stereocenters. The van der Waals surface area contributed by atoms with Crippen molar-refractivity contribution in [2.75, 3.05) is 11.9 Å². The van der Waals surface area contributed by atoms with Crippen LogP contribution in [0.1, 0.15) is 12.5 Å². The maximum absolute atomic E-state index is 12.8. The minimum atomic E-state index is -0.427. The second-order valence-electron chi connectivity index (χ2n) is 3.25. The Labute approximate surface area is 77.4 Å². The van der Waals surface area contributed by atoms with Gasteiger partial charge in [-0.05, 0) is 37.6 Å². The molecule has 0 unspecified atom stereocenters. The maximum atomic E-state index is 12.8. The summed E-state index contributed by atoms with van der Waals surface area (Å²) in [7, 11) is 0. The Morgan fingerprint density at radius 2 is 2.15 bits per heavy atom. The number of benzene rings is 1. The molecular formula is C10H14FNO. The highest BCUT2D eigenvalue weighted by molar-refractivity contribution is 5.45. The SMILES string of the molecule is Cc1cc(F)cc(NC[C@@H](C)O)c1. The van der Waals surface area contributed by atoms with Crippen LogP contribution in [0.15, 0.2) is 18.2 Å². The van der Waals surface area contributed by atoms with Gasteiger partial charge in [0.05, 0.1) is 6.10 Å². The number of rotatable bonds is 3. The Morgan fingerprint density at radius 3 is 2.69 bits per heavy atom. The number of hydrogen-bond donors (Lipinski definition) is 2. The van der Waals surface area contributed by atoms with Crippen LogP contribution in [-0.4, -0.2) is 17.8 Å². The maximum Gasteiger partial charge on any atom is 0.125 e. The van der Waals surface area contributed by atoms with E-state index in [9.17, 15) is 4.39 Å². The summed E-state index contributed by atoms with van der Waals surface area (Å²) in [5, 5.41) is 11.9. The fourth-order valence-corrected chi connectivity index (χ4v) is 1.10. The number of anilines is 1. The van der Waals surface area contributed by atoms with Crippen LogP contribution in [-0.2, 0) is 0 Å². The zero-order chi connectivity index (χ0) is 9.84. The average molecular weight is 183 g/mol. The fraction of sp³-hybridized carbons (Fsp3) is 0.400. The van der Waals surface area contributed by atoms with Gasteiger partial charge in [0, 0.05) is 12.2 Å². The summed E-state index contributed by atoms with van der Waals surface area (Å²) < 4.78 is 12.8. The summed E-state index contributed by atoms with van der Waals surface area (Å²) in [4.78, 5) is 0. The molecule has 0 bridgehead atoms. The summed E-state index contributed by atoms with van der Waals surface area (Å²) in [6.07, 6.45) is -0.427. The molecule has 3 heteroatoms. The van der Waals surface area contributed by atoms with Crippen LogP contribution in [0.4, 0.5) is 10.1 Å². The monoisotopic (exact) mass is 183 g/mol. The molecule has 0 aliphatic carbocycles. The highest BCUT2D eigenvalue weighted by Gasteiger charge is 1.99. The third-order valence-corrected chi connectivity index (χ3v) is 1.64. The van der Waals surface area contributed by atoms with Gasteiger partial charge in [-0.3, -0.25) is 0 Å². The van der Waals surface area contributed by atoms with E-state index >= 15 is 0 Å². The predicted octanol–water partition coefficient (Wildman–Crippen LogP) is 1.93. The number of hydrogen-bond acceptors (Lipinski definition) is 2. The molecule has 13 heavy (non-hydrogen) atoms. The van der Waals surface area contributed by atoms with E-state index < -0.39 is 6.10 Å². The minimum Gasteiger partial charge on any atom is -0.392 e. The van der Waals surface area contributed by atoms with Gasteiger partial charge < -0.3 is 10.4 Å². The highest BCUT2D eigenvalue weighted by Crippen LogP contribution is 2.12. The Balaban J connectivity index is 2.66. The molecule has 72 valence electrons. The van der Waals surface area contributed by atoms with E-state index in [1.165, 1.54) is 12.1 Å². The second-order valence-corrected chi connectivity index (χ2v) is 3.25. The van der Waals surface area contributed by atoms with Gasteiger partial charge in [0.25, 0.3) is 0 Å². The van der Waals surface area contributed by atoms with Crippen molar-refractivity contribution in [3.05, 3.63) is 29.6 Å². The zero-order valence-electron chi connectivity index (χ0n) is 7.84. The van der Waals surface area contributed by atoms with Crippen LogP contribution in [0.5, 0.6) is 0 Å². The van der Waals surface area contributed by atoms with Gasteiger partial charge in [-0.25, -0.2) is 4.39 Å². The predicted molar refractivity (Wildman–Crippen MR) is 51.3 cm³/mol.